The van der Waals surface area contributed by atoms with E-state index in [1.54, 1.807) is 36.7 Å². The first kappa shape index (κ1) is 13.1. The Balaban J connectivity index is 1.89. The fraction of sp³-hybridized carbons (Fsp3) is 0.0625. The first-order chi connectivity index (χ1) is 10.1. The van der Waals surface area contributed by atoms with Crippen molar-refractivity contribution >= 4 is 28.3 Å². The summed E-state index contributed by atoms with van der Waals surface area (Å²) in [6, 6.07) is 10.7. The van der Waals surface area contributed by atoms with Crippen molar-refractivity contribution < 1.29 is 4.79 Å². The highest BCUT2D eigenvalue weighted by atomic mass is 16.1. The van der Waals surface area contributed by atoms with Crippen molar-refractivity contribution in [3.8, 4) is 0 Å². The van der Waals surface area contributed by atoms with Crippen molar-refractivity contribution in [2.24, 2.45) is 0 Å². The fourth-order valence-corrected chi connectivity index (χ4v) is 2.09. The lowest BCUT2D eigenvalue weighted by Gasteiger charge is -2.09. The number of nitrogen functional groups attached to an aromatic ring is 1. The van der Waals surface area contributed by atoms with Gasteiger partial charge in [0.15, 0.2) is 0 Å². The SMILES string of the molecule is Cc1ccc(NC(=O)c2ccc3nccnc3c2)c(N)c1. The Morgan fingerprint density at radius 3 is 2.57 bits per heavy atom. The molecule has 3 rings (SSSR count). The van der Waals surface area contributed by atoms with Crippen LogP contribution in [0.3, 0.4) is 0 Å². The predicted molar refractivity (Wildman–Crippen MR) is 83.1 cm³/mol. The second kappa shape index (κ2) is 5.20. The molecule has 0 aliphatic heterocycles. The average Bonchev–Trinajstić information content (AvgIpc) is 2.49. The molecule has 1 aromatic heterocycles. The number of nitrogens with two attached hydrogens (primary N) is 1. The van der Waals surface area contributed by atoms with Crippen LogP contribution in [0.25, 0.3) is 11.0 Å². The van der Waals surface area contributed by atoms with Crippen LogP contribution in [0.4, 0.5) is 11.4 Å². The summed E-state index contributed by atoms with van der Waals surface area (Å²) in [6.45, 7) is 1.95. The molecule has 2 aromatic carbocycles. The van der Waals surface area contributed by atoms with Crippen molar-refractivity contribution in [2.45, 2.75) is 6.92 Å². The number of fused-ring (bicyclic) bond motifs is 1. The lowest BCUT2D eigenvalue weighted by atomic mass is 10.1. The van der Waals surface area contributed by atoms with Crippen LogP contribution in [0.5, 0.6) is 0 Å². The lowest BCUT2D eigenvalue weighted by molar-refractivity contribution is 0.102. The maximum Gasteiger partial charge on any atom is 0.255 e. The highest BCUT2D eigenvalue weighted by Crippen LogP contribution is 2.20. The second-order valence-electron chi connectivity index (χ2n) is 4.80. The van der Waals surface area contributed by atoms with Gasteiger partial charge in [0.2, 0.25) is 0 Å². The zero-order chi connectivity index (χ0) is 14.8. The summed E-state index contributed by atoms with van der Waals surface area (Å²) >= 11 is 0. The number of benzene rings is 2. The van der Waals surface area contributed by atoms with E-state index in [4.69, 9.17) is 5.73 Å². The van der Waals surface area contributed by atoms with Crippen LogP contribution >= 0.6 is 0 Å². The van der Waals surface area contributed by atoms with E-state index in [-0.39, 0.29) is 5.91 Å². The number of rotatable bonds is 2. The molecule has 5 nitrogen and oxygen atoms in total. The van der Waals surface area contributed by atoms with Gasteiger partial charge in [0, 0.05) is 18.0 Å². The molecule has 0 aliphatic rings. The molecule has 0 unspecified atom stereocenters. The Morgan fingerprint density at radius 1 is 1.05 bits per heavy atom. The molecule has 0 radical (unpaired) electrons. The van der Waals surface area contributed by atoms with E-state index in [0.29, 0.717) is 22.5 Å². The number of nitrogens with zero attached hydrogens (tertiary/aromatic N) is 2. The third-order valence-electron chi connectivity index (χ3n) is 3.19. The second-order valence-corrected chi connectivity index (χ2v) is 4.80. The molecule has 0 fully saturated rings. The van der Waals surface area contributed by atoms with Crippen molar-refractivity contribution in [2.75, 3.05) is 11.1 Å². The number of hydrogen-bond donors (Lipinski definition) is 2. The van der Waals surface area contributed by atoms with E-state index < -0.39 is 0 Å². The normalized spacial score (nSPS) is 10.5. The van der Waals surface area contributed by atoms with Crippen LogP contribution in [0, 0.1) is 6.92 Å². The quantitative estimate of drug-likeness (QED) is 0.706. The van der Waals surface area contributed by atoms with Gasteiger partial charge in [-0.1, -0.05) is 6.07 Å². The molecule has 5 heteroatoms. The van der Waals surface area contributed by atoms with Crippen LogP contribution in [-0.2, 0) is 0 Å². The molecule has 0 spiro atoms. The number of anilines is 2. The van der Waals surface area contributed by atoms with Crippen LogP contribution in [-0.4, -0.2) is 15.9 Å². The summed E-state index contributed by atoms with van der Waals surface area (Å²) in [4.78, 5) is 20.6. The van der Waals surface area contributed by atoms with E-state index in [0.717, 1.165) is 11.1 Å². The third-order valence-corrected chi connectivity index (χ3v) is 3.19. The van der Waals surface area contributed by atoms with Gasteiger partial charge in [0.1, 0.15) is 0 Å². The van der Waals surface area contributed by atoms with Gasteiger partial charge in [-0.15, -0.1) is 0 Å². The number of carbonyl (C=O) groups is 1. The molecule has 104 valence electrons. The van der Waals surface area contributed by atoms with Crippen molar-refractivity contribution in [1.82, 2.24) is 9.97 Å². The van der Waals surface area contributed by atoms with E-state index in [9.17, 15) is 4.79 Å². The Morgan fingerprint density at radius 2 is 1.81 bits per heavy atom. The number of amides is 1. The Labute approximate surface area is 121 Å². The van der Waals surface area contributed by atoms with Gasteiger partial charge < -0.3 is 11.1 Å². The van der Waals surface area contributed by atoms with Gasteiger partial charge in [-0.25, -0.2) is 0 Å². The minimum Gasteiger partial charge on any atom is -0.397 e. The Bertz CT molecular complexity index is 829. The summed E-state index contributed by atoms with van der Waals surface area (Å²) in [5.74, 6) is -0.224. The predicted octanol–water partition coefficient (Wildman–Crippen LogP) is 2.77. The van der Waals surface area contributed by atoms with E-state index >= 15 is 0 Å². The van der Waals surface area contributed by atoms with Gasteiger partial charge in [-0.05, 0) is 42.8 Å². The summed E-state index contributed by atoms with van der Waals surface area (Å²) < 4.78 is 0. The van der Waals surface area contributed by atoms with Crippen LogP contribution < -0.4 is 11.1 Å². The topological polar surface area (TPSA) is 80.9 Å². The van der Waals surface area contributed by atoms with E-state index in [2.05, 4.69) is 15.3 Å². The molecule has 0 bridgehead atoms. The fourth-order valence-electron chi connectivity index (χ4n) is 2.09. The molecular formula is C16H14N4O. The zero-order valence-electron chi connectivity index (χ0n) is 11.5. The van der Waals surface area contributed by atoms with Crippen molar-refractivity contribution in [3.63, 3.8) is 0 Å². The lowest BCUT2D eigenvalue weighted by Crippen LogP contribution is -2.13. The van der Waals surface area contributed by atoms with Crippen LogP contribution in [0.2, 0.25) is 0 Å². The summed E-state index contributed by atoms with van der Waals surface area (Å²) in [5, 5.41) is 2.81. The smallest absolute Gasteiger partial charge is 0.255 e. The minimum atomic E-state index is -0.224. The minimum absolute atomic E-state index is 0.224. The van der Waals surface area contributed by atoms with Crippen molar-refractivity contribution in [1.29, 1.82) is 0 Å². The summed E-state index contributed by atoms with van der Waals surface area (Å²) in [7, 11) is 0. The third kappa shape index (κ3) is 2.67. The largest absolute Gasteiger partial charge is 0.397 e. The monoisotopic (exact) mass is 278 g/mol. The van der Waals surface area contributed by atoms with Gasteiger partial charge in [-0.3, -0.25) is 14.8 Å². The number of aryl methyl sites for hydroxylation is 1. The molecule has 0 saturated carbocycles. The number of hydrogen-bond acceptors (Lipinski definition) is 4. The number of aromatic nitrogens is 2. The van der Waals surface area contributed by atoms with Gasteiger partial charge in [-0.2, -0.15) is 0 Å². The van der Waals surface area contributed by atoms with Gasteiger partial charge >= 0.3 is 0 Å². The van der Waals surface area contributed by atoms with Gasteiger partial charge in [0.05, 0.1) is 22.4 Å². The first-order valence-electron chi connectivity index (χ1n) is 6.52. The molecule has 3 N–H and O–H groups in total. The van der Waals surface area contributed by atoms with Gasteiger partial charge in [0.25, 0.3) is 5.91 Å². The molecular weight excluding hydrogens is 264 g/mol. The molecule has 3 aromatic rings. The average molecular weight is 278 g/mol. The van der Waals surface area contributed by atoms with Crippen molar-refractivity contribution in [3.05, 3.63) is 59.9 Å². The van der Waals surface area contributed by atoms with Crippen LogP contribution in [0.1, 0.15) is 15.9 Å². The molecule has 21 heavy (non-hydrogen) atoms. The summed E-state index contributed by atoms with van der Waals surface area (Å²) in [5.41, 5.74) is 10.0. The van der Waals surface area contributed by atoms with Crippen LogP contribution in [0.15, 0.2) is 48.8 Å². The van der Waals surface area contributed by atoms with E-state index in [1.165, 1.54) is 0 Å². The number of carbonyl (C=O) groups excluding carboxylic acids is 1. The first-order valence-corrected chi connectivity index (χ1v) is 6.52. The summed E-state index contributed by atoms with van der Waals surface area (Å²) in [6.07, 6.45) is 3.22. The maximum absolute atomic E-state index is 12.3. The zero-order valence-corrected chi connectivity index (χ0v) is 11.5. The molecule has 0 aliphatic carbocycles. The molecule has 0 atom stereocenters. The number of nitrogens with one attached hydrogen (secondary N) is 1. The molecule has 0 saturated heterocycles. The highest BCUT2D eigenvalue weighted by molar-refractivity contribution is 6.07. The molecule has 1 heterocycles. The standard InChI is InChI=1S/C16H14N4O/c1-10-2-4-13(12(17)8-10)20-16(21)11-3-5-14-15(9-11)19-7-6-18-14/h2-9H,17H2,1H3,(H,20,21). The Hall–Kier alpha value is -2.95. The maximum atomic E-state index is 12.3. The highest BCUT2D eigenvalue weighted by Gasteiger charge is 2.09. The molecule has 1 amide bonds. The van der Waals surface area contributed by atoms with E-state index in [1.807, 2.05) is 19.1 Å². The Kier molecular flexibility index (Phi) is 3.23.